The maximum atomic E-state index is 11.7. The SMILES string of the molecule is O=C(CC1COCCN1)NCCC1=CCCCC1. The Morgan fingerprint density at radius 3 is 3.17 bits per heavy atom. The first kappa shape index (κ1) is 13.6. The summed E-state index contributed by atoms with van der Waals surface area (Å²) >= 11 is 0. The minimum absolute atomic E-state index is 0.134. The van der Waals surface area contributed by atoms with Crippen molar-refractivity contribution in [2.45, 2.75) is 44.6 Å². The van der Waals surface area contributed by atoms with Gasteiger partial charge in [0.2, 0.25) is 5.91 Å². The maximum Gasteiger partial charge on any atom is 0.221 e. The van der Waals surface area contributed by atoms with Gasteiger partial charge in [-0.25, -0.2) is 0 Å². The van der Waals surface area contributed by atoms with Crippen molar-refractivity contribution in [3.63, 3.8) is 0 Å². The summed E-state index contributed by atoms with van der Waals surface area (Å²) in [5.74, 6) is 0.134. The van der Waals surface area contributed by atoms with Crippen LogP contribution in [-0.2, 0) is 9.53 Å². The second-order valence-corrected chi connectivity index (χ2v) is 5.14. The molecule has 1 unspecified atom stereocenters. The van der Waals surface area contributed by atoms with Crippen molar-refractivity contribution in [2.75, 3.05) is 26.3 Å². The van der Waals surface area contributed by atoms with Crippen LogP contribution < -0.4 is 10.6 Å². The van der Waals surface area contributed by atoms with Gasteiger partial charge in [-0.15, -0.1) is 0 Å². The molecule has 0 radical (unpaired) electrons. The zero-order valence-corrected chi connectivity index (χ0v) is 11.0. The fourth-order valence-electron chi connectivity index (χ4n) is 2.54. The zero-order chi connectivity index (χ0) is 12.6. The van der Waals surface area contributed by atoms with E-state index in [1.165, 1.54) is 31.3 Å². The van der Waals surface area contributed by atoms with E-state index in [2.05, 4.69) is 16.7 Å². The van der Waals surface area contributed by atoms with Crippen LogP contribution >= 0.6 is 0 Å². The number of amides is 1. The molecule has 4 nitrogen and oxygen atoms in total. The number of hydrogen-bond donors (Lipinski definition) is 2. The lowest BCUT2D eigenvalue weighted by atomic mass is 9.97. The lowest BCUT2D eigenvalue weighted by molar-refractivity contribution is -0.122. The van der Waals surface area contributed by atoms with Crippen molar-refractivity contribution in [3.8, 4) is 0 Å². The van der Waals surface area contributed by atoms with Gasteiger partial charge in [0.15, 0.2) is 0 Å². The zero-order valence-electron chi connectivity index (χ0n) is 11.0. The molecule has 0 aromatic heterocycles. The monoisotopic (exact) mass is 252 g/mol. The van der Waals surface area contributed by atoms with E-state index in [0.29, 0.717) is 13.0 Å². The fraction of sp³-hybridized carbons (Fsp3) is 0.786. The molecule has 2 rings (SSSR count). The van der Waals surface area contributed by atoms with Gasteiger partial charge in [-0.1, -0.05) is 11.6 Å². The molecular weight excluding hydrogens is 228 g/mol. The Morgan fingerprint density at radius 1 is 1.50 bits per heavy atom. The molecule has 0 spiro atoms. The quantitative estimate of drug-likeness (QED) is 0.727. The molecule has 1 atom stereocenters. The maximum absolute atomic E-state index is 11.7. The van der Waals surface area contributed by atoms with E-state index >= 15 is 0 Å². The average Bonchev–Trinajstić information content (AvgIpc) is 2.41. The Morgan fingerprint density at radius 2 is 2.44 bits per heavy atom. The molecule has 1 fully saturated rings. The minimum Gasteiger partial charge on any atom is -0.378 e. The first-order chi connectivity index (χ1) is 8.84. The van der Waals surface area contributed by atoms with Gasteiger partial charge < -0.3 is 15.4 Å². The predicted molar refractivity (Wildman–Crippen MR) is 71.4 cm³/mol. The number of carbonyl (C=O) groups excluding carboxylic acids is 1. The van der Waals surface area contributed by atoms with Crippen molar-refractivity contribution >= 4 is 5.91 Å². The molecular formula is C14H24N2O2. The highest BCUT2D eigenvalue weighted by Gasteiger charge is 2.16. The van der Waals surface area contributed by atoms with Gasteiger partial charge in [0, 0.05) is 25.6 Å². The lowest BCUT2D eigenvalue weighted by Crippen LogP contribution is -2.44. The van der Waals surface area contributed by atoms with Gasteiger partial charge in [0.1, 0.15) is 0 Å². The normalized spacial score (nSPS) is 24.4. The van der Waals surface area contributed by atoms with Gasteiger partial charge in [-0.2, -0.15) is 0 Å². The fourth-order valence-corrected chi connectivity index (χ4v) is 2.54. The van der Waals surface area contributed by atoms with Gasteiger partial charge in [0.25, 0.3) is 0 Å². The van der Waals surface area contributed by atoms with E-state index in [9.17, 15) is 4.79 Å². The third kappa shape index (κ3) is 4.78. The Bertz CT molecular complexity index is 296. The predicted octanol–water partition coefficient (Wildman–Crippen LogP) is 1.37. The Labute approximate surface area is 109 Å². The summed E-state index contributed by atoms with van der Waals surface area (Å²) in [7, 11) is 0. The summed E-state index contributed by atoms with van der Waals surface area (Å²) in [6.45, 7) is 3.04. The van der Waals surface area contributed by atoms with E-state index in [4.69, 9.17) is 4.74 Å². The molecule has 1 heterocycles. The van der Waals surface area contributed by atoms with Gasteiger partial charge in [-0.05, 0) is 32.1 Å². The highest BCUT2D eigenvalue weighted by atomic mass is 16.5. The van der Waals surface area contributed by atoms with E-state index in [0.717, 1.165) is 26.1 Å². The number of carbonyl (C=O) groups is 1. The summed E-state index contributed by atoms with van der Waals surface area (Å²) in [6.07, 6.45) is 8.94. The highest BCUT2D eigenvalue weighted by molar-refractivity contribution is 5.76. The third-order valence-electron chi connectivity index (χ3n) is 3.58. The Balaban J connectivity index is 1.57. The molecule has 0 saturated carbocycles. The summed E-state index contributed by atoms with van der Waals surface area (Å²) in [5, 5.41) is 6.29. The van der Waals surface area contributed by atoms with Crippen LogP contribution in [0, 0.1) is 0 Å². The molecule has 1 amide bonds. The van der Waals surface area contributed by atoms with Crippen LogP contribution in [0.2, 0.25) is 0 Å². The smallest absolute Gasteiger partial charge is 0.221 e. The van der Waals surface area contributed by atoms with E-state index in [1.54, 1.807) is 0 Å². The molecule has 0 bridgehead atoms. The van der Waals surface area contributed by atoms with Crippen LogP contribution in [0.25, 0.3) is 0 Å². The van der Waals surface area contributed by atoms with E-state index < -0.39 is 0 Å². The molecule has 18 heavy (non-hydrogen) atoms. The van der Waals surface area contributed by atoms with Gasteiger partial charge in [0.05, 0.1) is 13.2 Å². The minimum atomic E-state index is 0.134. The van der Waals surface area contributed by atoms with Crippen LogP contribution in [0.4, 0.5) is 0 Å². The van der Waals surface area contributed by atoms with Crippen molar-refractivity contribution < 1.29 is 9.53 Å². The van der Waals surface area contributed by atoms with Crippen LogP contribution in [0.3, 0.4) is 0 Å². The van der Waals surface area contributed by atoms with Crippen LogP contribution in [-0.4, -0.2) is 38.3 Å². The van der Waals surface area contributed by atoms with Crippen molar-refractivity contribution in [2.24, 2.45) is 0 Å². The molecule has 4 heteroatoms. The van der Waals surface area contributed by atoms with Gasteiger partial charge in [-0.3, -0.25) is 4.79 Å². The van der Waals surface area contributed by atoms with Crippen LogP contribution in [0.1, 0.15) is 38.5 Å². The number of morpholine rings is 1. The first-order valence-corrected chi connectivity index (χ1v) is 7.10. The number of rotatable bonds is 5. The molecule has 0 aromatic carbocycles. The molecule has 2 aliphatic rings. The molecule has 102 valence electrons. The Hall–Kier alpha value is -0.870. The lowest BCUT2D eigenvalue weighted by Gasteiger charge is -2.23. The molecule has 1 aliphatic carbocycles. The van der Waals surface area contributed by atoms with Crippen molar-refractivity contribution in [3.05, 3.63) is 11.6 Å². The summed E-state index contributed by atoms with van der Waals surface area (Å²) < 4.78 is 5.33. The van der Waals surface area contributed by atoms with E-state index in [1.807, 2.05) is 0 Å². The van der Waals surface area contributed by atoms with Crippen LogP contribution in [0.5, 0.6) is 0 Å². The van der Waals surface area contributed by atoms with Crippen molar-refractivity contribution in [1.29, 1.82) is 0 Å². The van der Waals surface area contributed by atoms with Gasteiger partial charge >= 0.3 is 0 Å². The second kappa shape index (κ2) is 7.54. The molecule has 0 aromatic rings. The third-order valence-corrected chi connectivity index (χ3v) is 3.58. The summed E-state index contributed by atoms with van der Waals surface area (Å²) in [5.41, 5.74) is 1.51. The number of nitrogens with one attached hydrogen (secondary N) is 2. The number of allylic oxidation sites excluding steroid dienone is 1. The van der Waals surface area contributed by atoms with Crippen molar-refractivity contribution in [1.82, 2.24) is 10.6 Å². The molecule has 2 N–H and O–H groups in total. The number of ether oxygens (including phenoxy) is 1. The molecule has 1 aliphatic heterocycles. The number of hydrogen-bond acceptors (Lipinski definition) is 3. The average molecular weight is 252 g/mol. The first-order valence-electron chi connectivity index (χ1n) is 7.10. The second-order valence-electron chi connectivity index (χ2n) is 5.14. The standard InChI is InChI=1S/C14H24N2O2/c17-14(10-13-11-18-9-8-15-13)16-7-6-12-4-2-1-3-5-12/h4,13,15H,1-3,5-11H2,(H,16,17). The topological polar surface area (TPSA) is 50.4 Å². The Kier molecular flexibility index (Phi) is 5.68. The summed E-state index contributed by atoms with van der Waals surface area (Å²) in [4.78, 5) is 11.7. The largest absolute Gasteiger partial charge is 0.378 e. The van der Waals surface area contributed by atoms with E-state index in [-0.39, 0.29) is 11.9 Å². The highest BCUT2D eigenvalue weighted by Crippen LogP contribution is 2.19. The summed E-state index contributed by atoms with van der Waals surface area (Å²) in [6, 6.07) is 0.188. The molecule has 1 saturated heterocycles. The van der Waals surface area contributed by atoms with Crippen LogP contribution in [0.15, 0.2) is 11.6 Å².